The molecule has 0 amide bonds. The van der Waals surface area contributed by atoms with Gasteiger partial charge < -0.3 is 25.5 Å². The van der Waals surface area contributed by atoms with Crippen molar-refractivity contribution >= 4 is 27.8 Å². The molecule has 0 fully saturated rings. The van der Waals surface area contributed by atoms with Crippen LogP contribution < -0.4 is 16.2 Å². The van der Waals surface area contributed by atoms with Crippen LogP contribution in [0.3, 0.4) is 0 Å². The van der Waals surface area contributed by atoms with E-state index in [0.29, 0.717) is 36.7 Å². The van der Waals surface area contributed by atoms with Gasteiger partial charge in [-0.15, -0.1) is 0 Å². The quantitative estimate of drug-likeness (QED) is 0.411. The van der Waals surface area contributed by atoms with E-state index in [4.69, 9.17) is 20.9 Å². The van der Waals surface area contributed by atoms with E-state index in [1.165, 1.54) is 6.33 Å². The number of hydrogen-bond acceptors (Lipinski definition) is 7. The maximum absolute atomic E-state index is 6.17. The van der Waals surface area contributed by atoms with Gasteiger partial charge in [-0.25, -0.2) is 15.0 Å². The van der Waals surface area contributed by atoms with Gasteiger partial charge in [-0.3, -0.25) is 0 Å². The lowest BCUT2D eigenvalue weighted by molar-refractivity contribution is 0.172. The lowest BCUT2D eigenvalue weighted by atomic mass is 10.1. The molecular formula is C22H26N6O2. The molecule has 0 unspecified atom stereocenters. The van der Waals surface area contributed by atoms with Crippen molar-refractivity contribution in [1.82, 2.24) is 19.5 Å². The number of rotatable bonds is 9. The van der Waals surface area contributed by atoms with Gasteiger partial charge in [0.2, 0.25) is 0 Å². The van der Waals surface area contributed by atoms with Crippen molar-refractivity contribution in [2.75, 3.05) is 26.1 Å². The molecule has 0 spiro atoms. The van der Waals surface area contributed by atoms with Crippen molar-refractivity contribution < 1.29 is 9.47 Å². The fourth-order valence-electron chi connectivity index (χ4n) is 3.55. The molecule has 0 aliphatic rings. The lowest BCUT2D eigenvalue weighted by Gasteiger charge is -2.15. The molecule has 8 nitrogen and oxygen atoms in total. The Morgan fingerprint density at radius 2 is 1.90 bits per heavy atom. The second kappa shape index (κ2) is 9.06. The third-order valence-corrected chi connectivity index (χ3v) is 5.06. The molecule has 156 valence electrons. The number of anilines is 1. The SMILES string of the molecule is COC[C@H](N)CCCOc1cc2ccccc2cc1Cn1cnc2c(N)ncnc21. The Balaban J connectivity index is 1.59. The zero-order chi connectivity index (χ0) is 20.9. The van der Waals surface area contributed by atoms with Crippen LogP contribution in [0.15, 0.2) is 49.1 Å². The second-order valence-electron chi connectivity index (χ2n) is 7.32. The van der Waals surface area contributed by atoms with E-state index < -0.39 is 0 Å². The maximum Gasteiger partial charge on any atom is 0.165 e. The molecule has 8 heteroatoms. The van der Waals surface area contributed by atoms with E-state index in [0.717, 1.165) is 34.9 Å². The Labute approximate surface area is 174 Å². The number of nitrogens with zero attached hydrogens (tertiary/aromatic N) is 4. The van der Waals surface area contributed by atoms with E-state index in [2.05, 4.69) is 39.2 Å². The molecule has 4 aromatic rings. The van der Waals surface area contributed by atoms with Crippen LogP contribution >= 0.6 is 0 Å². The molecule has 0 saturated carbocycles. The van der Waals surface area contributed by atoms with Crippen LogP contribution in [0.2, 0.25) is 0 Å². The summed E-state index contributed by atoms with van der Waals surface area (Å²) in [6.45, 7) is 1.71. The van der Waals surface area contributed by atoms with Crippen LogP contribution in [-0.2, 0) is 11.3 Å². The Morgan fingerprint density at radius 1 is 1.10 bits per heavy atom. The molecule has 0 aliphatic carbocycles. The van der Waals surface area contributed by atoms with Gasteiger partial charge in [0.15, 0.2) is 11.5 Å². The van der Waals surface area contributed by atoms with Gasteiger partial charge in [0.05, 0.1) is 26.1 Å². The first-order valence-corrected chi connectivity index (χ1v) is 9.96. The highest BCUT2D eigenvalue weighted by atomic mass is 16.5. The molecule has 1 atom stereocenters. The number of fused-ring (bicyclic) bond motifs is 2. The van der Waals surface area contributed by atoms with Gasteiger partial charge in [-0.05, 0) is 35.7 Å². The predicted molar refractivity (Wildman–Crippen MR) is 117 cm³/mol. The Kier molecular flexibility index (Phi) is 6.06. The number of nitrogen functional groups attached to an aromatic ring is 1. The minimum atomic E-state index is 0.0251. The number of nitrogens with two attached hydrogens (primary N) is 2. The third-order valence-electron chi connectivity index (χ3n) is 5.06. The fraction of sp³-hybridized carbons (Fsp3) is 0.318. The molecule has 0 aliphatic heterocycles. The maximum atomic E-state index is 6.17. The van der Waals surface area contributed by atoms with Gasteiger partial charge in [0.25, 0.3) is 0 Å². The summed E-state index contributed by atoms with van der Waals surface area (Å²) in [5.74, 6) is 1.22. The smallest absolute Gasteiger partial charge is 0.165 e. The van der Waals surface area contributed by atoms with Crippen molar-refractivity contribution in [3.8, 4) is 5.75 Å². The minimum absolute atomic E-state index is 0.0251. The molecule has 4 rings (SSSR count). The standard InChI is InChI=1S/C22H26N6O2/c1-29-12-18(23)7-4-8-30-19-10-16-6-3-2-5-15(16)9-17(19)11-28-14-27-20-21(24)25-13-26-22(20)28/h2-3,5-6,9-10,13-14,18H,4,7-8,11-12,23H2,1H3,(H2,24,25,26)/t18-/m1/s1. The highest BCUT2D eigenvalue weighted by Gasteiger charge is 2.12. The molecule has 2 heterocycles. The first kappa shape index (κ1) is 20.1. The average molecular weight is 406 g/mol. The first-order valence-electron chi connectivity index (χ1n) is 9.96. The van der Waals surface area contributed by atoms with Gasteiger partial charge in [0, 0.05) is 18.7 Å². The molecule has 2 aromatic carbocycles. The number of ether oxygens (including phenoxy) is 2. The van der Waals surface area contributed by atoms with Gasteiger partial charge in [-0.1, -0.05) is 24.3 Å². The van der Waals surface area contributed by atoms with Gasteiger partial charge >= 0.3 is 0 Å². The summed E-state index contributed by atoms with van der Waals surface area (Å²) >= 11 is 0. The number of benzene rings is 2. The van der Waals surface area contributed by atoms with E-state index in [9.17, 15) is 0 Å². The third kappa shape index (κ3) is 4.34. The fourth-order valence-corrected chi connectivity index (χ4v) is 3.55. The first-order chi connectivity index (χ1) is 14.7. The Morgan fingerprint density at radius 3 is 2.70 bits per heavy atom. The summed E-state index contributed by atoms with van der Waals surface area (Å²) in [6.07, 6.45) is 4.89. The van der Waals surface area contributed by atoms with Crippen molar-refractivity contribution in [3.05, 3.63) is 54.6 Å². The van der Waals surface area contributed by atoms with Crippen molar-refractivity contribution in [1.29, 1.82) is 0 Å². The summed E-state index contributed by atoms with van der Waals surface area (Å²) in [5.41, 5.74) is 14.3. The lowest BCUT2D eigenvalue weighted by Crippen LogP contribution is -2.25. The number of methoxy groups -OCH3 is 1. The van der Waals surface area contributed by atoms with Crippen LogP contribution in [0.4, 0.5) is 5.82 Å². The summed E-state index contributed by atoms with van der Waals surface area (Å²) in [7, 11) is 1.66. The highest BCUT2D eigenvalue weighted by molar-refractivity contribution is 5.85. The van der Waals surface area contributed by atoms with E-state index in [1.54, 1.807) is 13.4 Å². The molecular weight excluding hydrogens is 380 g/mol. The monoisotopic (exact) mass is 406 g/mol. The summed E-state index contributed by atoms with van der Waals surface area (Å²) in [5, 5.41) is 2.29. The summed E-state index contributed by atoms with van der Waals surface area (Å²) in [6, 6.07) is 12.5. The number of imidazole rings is 1. The van der Waals surface area contributed by atoms with Gasteiger partial charge in [0.1, 0.15) is 17.6 Å². The van der Waals surface area contributed by atoms with Crippen LogP contribution in [0, 0.1) is 0 Å². The summed E-state index contributed by atoms with van der Waals surface area (Å²) in [4.78, 5) is 12.7. The molecule has 2 aromatic heterocycles. The second-order valence-corrected chi connectivity index (χ2v) is 7.32. The van der Waals surface area contributed by atoms with E-state index in [-0.39, 0.29) is 6.04 Å². The molecule has 30 heavy (non-hydrogen) atoms. The zero-order valence-electron chi connectivity index (χ0n) is 17.0. The Bertz CT molecular complexity index is 1140. The minimum Gasteiger partial charge on any atom is -0.493 e. The van der Waals surface area contributed by atoms with Crippen LogP contribution in [-0.4, -0.2) is 45.9 Å². The largest absolute Gasteiger partial charge is 0.493 e. The van der Waals surface area contributed by atoms with E-state index >= 15 is 0 Å². The normalized spacial score (nSPS) is 12.5. The number of hydrogen-bond donors (Lipinski definition) is 2. The predicted octanol–water partition coefficient (Wildman–Crippen LogP) is 2.74. The topological polar surface area (TPSA) is 114 Å². The highest BCUT2D eigenvalue weighted by Crippen LogP contribution is 2.28. The van der Waals surface area contributed by atoms with Crippen LogP contribution in [0.5, 0.6) is 5.75 Å². The molecule has 0 radical (unpaired) electrons. The van der Waals surface area contributed by atoms with Crippen molar-refractivity contribution in [3.63, 3.8) is 0 Å². The van der Waals surface area contributed by atoms with Crippen molar-refractivity contribution in [2.24, 2.45) is 5.73 Å². The summed E-state index contributed by atoms with van der Waals surface area (Å²) < 4.78 is 13.2. The average Bonchev–Trinajstić information content (AvgIpc) is 3.16. The van der Waals surface area contributed by atoms with Crippen LogP contribution in [0.1, 0.15) is 18.4 Å². The Hall–Kier alpha value is -3.23. The molecule has 4 N–H and O–H groups in total. The molecule has 0 bridgehead atoms. The van der Waals surface area contributed by atoms with E-state index in [1.807, 2.05) is 16.7 Å². The zero-order valence-corrected chi connectivity index (χ0v) is 17.0. The van der Waals surface area contributed by atoms with Crippen LogP contribution in [0.25, 0.3) is 21.9 Å². The van der Waals surface area contributed by atoms with Gasteiger partial charge in [-0.2, -0.15) is 0 Å². The molecule has 0 saturated heterocycles. The number of aromatic nitrogens is 4. The van der Waals surface area contributed by atoms with Crippen molar-refractivity contribution in [2.45, 2.75) is 25.4 Å².